The van der Waals surface area contributed by atoms with Gasteiger partial charge in [-0.15, -0.1) is 0 Å². The molecule has 0 saturated heterocycles. The Hall–Kier alpha value is -2.16. The quantitative estimate of drug-likeness (QED) is 0.312. The molecule has 162 valence electrons. The number of halogens is 2. The summed E-state index contributed by atoms with van der Waals surface area (Å²) in [5.74, 6) is -1.38. The van der Waals surface area contributed by atoms with Crippen LogP contribution in [-0.4, -0.2) is 39.1 Å². The summed E-state index contributed by atoms with van der Waals surface area (Å²) in [7, 11) is 0. The minimum atomic E-state index is -0.913. The minimum absolute atomic E-state index is 0.0528. The number of hydroxylamine groups is 2. The van der Waals surface area contributed by atoms with Crippen LogP contribution in [0.2, 0.25) is 0 Å². The molecule has 0 aliphatic heterocycles. The van der Waals surface area contributed by atoms with E-state index in [9.17, 15) is 23.6 Å². The molecule has 2 amide bonds. The van der Waals surface area contributed by atoms with E-state index in [1.807, 2.05) is 6.92 Å². The number of carbonyl (C=O) groups excluding carboxylic acids is 2. The van der Waals surface area contributed by atoms with Gasteiger partial charge in [0.25, 0.3) is 0 Å². The van der Waals surface area contributed by atoms with Gasteiger partial charge >= 0.3 is 0 Å². The van der Waals surface area contributed by atoms with E-state index in [-0.39, 0.29) is 36.7 Å². The van der Waals surface area contributed by atoms with E-state index >= 15 is 0 Å². The maximum absolute atomic E-state index is 14.7. The molecule has 1 atom stereocenters. The van der Waals surface area contributed by atoms with Crippen molar-refractivity contribution < 1.29 is 23.6 Å². The van der Waals surface area contributed by atoms with Gasteiger partial charge in [0.05, 0.1) is 30.4 Å². The average molecular weight is 412 g/mol. The van der Waals surface area contributed by atoms with E-state index in [0.717, 1.165) is 32.1 Å². The highest BCUT2D eigenvalue weighted by atomic mass is 19.1. The Morgan fingerprint density at radius 2 is 2.03 bits per heavy atom. The lowest BCUT2D eigenvalue weighted by Crippen LogP contribution is -2.38. The van der Waals surface area contributed by atoms with Crippen LogP contribution in [0.5, 0.6) is 0 Å². The third kappa shape index (κ3) is 6.99. The topological polar surface area (TPSA) is 95.4 Å². The lowest BCUT2D eigenvalue weighted by atomic mass is 9.92. The highest BCUT2D eigenvalue weighted by Gasteiger charge is 2.27. The van der Waals surface area contributed by atoms with Crippen molar-refractivity contribution >= 4 is 12.3 Å². The lowest BCUT2D eigenvalue weighted by Gasteiger charge is -2.22. The first-order chi connectivity index (χ1) is 14.0. The van der Waals surface area contributed by atoms with Crippen molar-refractivity contribution in [2.45, 2.75) is 71.5 Å². The second-order valence-electron chi connectivity index (χ2n) is 7.61. The molecular formula is C20H30F2N4O3. The van der Waals surface area contributed by atoms with E-state index in [2.05, 4.69) is 15.3 Å². The maximum Gasteiger partial charge on any atom is 0.233 e. The summed E-state index contributed by atoms with van der Waals surface area (Å²) in [6.45, 7) is 0.719. The number of nitrogens with one attached hydrogen (secondary N) is 1. The van der Waals surface area contributed by atoms with Crippen LogP contribution in [0.4, 0.5) is 8.78 Å². The van der Waals surface area contributed by atoms with Crippen molar-refractivity contribution in [2.24, 2.45) is 11.8 Å². The summed E-state index contributed by atoms with van der Waals surface area (Å²) < 4.78 is 27.7. The molecule has 0 unspecified atom stereocenters. The van der Waals surface area contributed by atoms with E-state index < -0.39 is 24.3 Å². The Kier molecular flexibility index (Phi) is 9.37. The monoisotopic (exact) mass is 412 g/mol. The number of unbranched alkanes of at least 4 members (excludes halogenated alkanes) is 1. The van der Waals surface area contributed by atoms with Crippen LogP contribution in [0, 0.1) is 17.7 Å². The van der Waals surface area contributed by atoms with Gasteiger partial charge in [0.2, 0.25) is 12.3 Å². The highest BCUT2D eigenvalue weighted by molar-refractivity contribution is 5.79. The smallest absolute Gasteiger partial charge is 0.233 e. The number of carbonyl (C=O) groups is 2. The third-order valence-electron chi connectivity index (χ3n) is 5.34. The van der Waals surface area contributed by atoms with Gasteiger partial charge in [-0.25, -0.2) is 23.8 Å². The van der Waals surface area contributed by atoms with Crippen molar-refractivity contribution in [3.05, 3.63) is 23.0 Å². The van der Waals surface area contributed by atoms with Gasteiger partial charge in [-0.2, -0.15) is 0 Å². The zero-order valence-electron chi connectivity index (χ0n) is 16.9. The molecule has 1 saturated carbocycles. The van der Waals surface area contributed by atoms with Gasteiger partial charge in [0.1, 0.15) is 6.67 Å². The Labute approximate surface area is 169 Å². The van der Waals surface area contributed by atoms with Gasteiger partial charge in [-0.1, -0.05) is 39.0 Å². The van der Waals surface area contributed by atoms with Crippen molar-refractivity contribution in [3.63, 3.8) is 0 Å². The first-order valence-corrected chi connectivity index (χ1v) is 10.3. The molecule has 0 spiro atoms. The van der Waals surface area contributed by atoms with E-state index in [0.29, 0.717) is 30.2 Å². The first kappa shape index (κ1) is 23.1. The predicted molar refractivity (Wildman–Crippen MR) is 102 cm³/mol. The summed E-state index contributed by atoms with van der Waals surface area (Å²) in [5, 5.41) is 12.6. The number of hydrogen-bond donors (Lipinski definition) is 2. The fraction of sp³-hybridized carbons (Fsp3) is 0.700. The van der Waals surface area contributed by atoms with Crippen molar-refractivity contribution in [2.75, 3.05) is 6.54 Å². The van der Waals surface area contributed by atoms with Gasteiger partial charge in [0, 0.05) is 0 Å². The molecule has 0 radical (unpaired) electrons. The first-order valence-electron chi connectivity index (χ1n) is 10.3. The molecule has 1 aromatic heterocycles. The van der Waals surface area contributed by atoms with Gasteiger partial charge < -0.3 is 5.32 Å². The van der Waals surface area contributed by atoms with Crippen molar-refractivity contribution in [1.82, 2.24) is 20.3 Å². The Balaban J connectivity index is 2.07. The molecule has 1 aliphatic rings. The molecule has 2 rings (SSSR count). The molecule has 0 bridgehead atoms. The fourth-order valence-corrected chi connectivity index (χ4v) is 3.78. The fourth-order valence-electron chi connectivity index (χ4n) is 3.78. The van der Waals surface area contributed by atoms with Gasteiger partial charge in [-0.3, -0.25) is 14.8 Å². The van der Waals surface area contributed by atoms with E-state index in [1.54, 1.807) is 0 Å². The summed E-state index contributed by atoms with van der Waals surface area (Å²) in [4.78, 5) is 31.2. The molecule has 0 aromatic carbocycles. The van der Waals surface area contributed by atoms with Crippen LogP contribution in [0.3, 0.4) is 0 Å². The van der Waals surface area contributed by atoms with Crippen molar-refractivity contribution in [3.8, 4) is 0 Å². The third-order valence-corrected chi connectivity index (χ3v) is 5.34. The minimum Gasteiger partial charge on any atom is -0.350 e. The number of hydrogen-bond acceptors (Lipinski definition) is 5. The zero-order chi connectivity index (χ0) is 21.2. The lowest BCUT2D eigenvalue weighted by molar-refractivity contribution is -0.155. The molecule has 9 heteroatoms. The standard InChI is InChI=1S/C20H30F2N4O3/c1-2-3-8-16-19(22)17(25-18(10-21)24-16)11-23-20(28)15(12-26(29)13-27)9-14-6-4-5-7-14/h13-15,29H,2-12H2,1H3,(H,23,28)/t15-/m1/s1. The second kappa shape index (κ2) is 11.7. The Morgan fingerprint density at radius 1 is 1.34 bits per heavy atom. The summed E-state index contributed by atoms with van der Waals surface area (Å²) in [6.07, 6.45) is 6.97. The molecule has 1 aliphatic carbocycles. The van der Waals surface area contributed by atoms with Crippen molar-refractivity contribution in [1.29, 1.82) is 0 Å². The number of nitrogens with zero attached hydrogens (tertiary/aromatic N) is 3. The number of aryl methyl sites for hydroxylation is 1. The molecule has 29 heavy (non-hydrogen) atoms. The predicted octanol–water partition coefficient (Wildman–Crippen LogP) is 3.09. The Bertz CT molecular complexity index is 684. The summed E-state index contributed by atoms with van der Waals surface area (Å²) in [5.41, 5.74) is 0.103. The van der Waals surface area contributed by atoms with Gasteiger partial charge in [-0.05, 0) is 25.2 Å². The Morgan fingerprint density at radius 3 is 2.66 bits per heavy atom. The van der Waals surface area contributed by atoms with Crippen LogP contribution in [0.15, 0.2) is 0 Å². The van der Waals surface area contributed by atoms with Gasteiger partial charge in [0.15, 0.2) is 11.6 Å². The molecule has 7 nitrogen and oxygen atoms in total. The van der Waals surface area contributed by atoms with Crippen LogP contribution < -0.4 is 5.32 Å². The summed E-state index contributed by atoms with van der Waals surface area (Å²) >= 11 is 0. The normalized spacial score (nSPS) is 15.3. The van der Waals surface area contributed by atoms with Crippen LogP contribution in [0.1, 0.15) is 69.1 Å². The summed E-state index contributed by atoms with van der Waals surface area (Å²) in [6, 6.07) is 0. The highest BCUT2D eigenvalue weighted by Crippen LogP contribution is 2.30. The number of alkyl halides is 1. The average Bonchev–Trinajstić information content (AvgIpc) is 3.24. The zero-order valence-corrected chi connectivity index (χ0v) is 16.9. The number of aromatic nitrogens is 2. The molecule has 1 heterocycles. The molecule has 2 N–H and O–H groups in total. The molecule has 1 aromatic rings. The van der Waals surface area contributed by atoms with E-state index in [4.69, 9.17) is 0 Å². The number of rotatable bonds is 12. The van der Waals surface area contributed by atoms with Crippen LogP contribution in [0.25, 0.3) is 0 Å². The second-order valence-corrected chi connectivity index (χ2v) is 7.61. The van der Waals surface area contributed by atoms with Crippen LogP contribution >= 0.6 is 0 Å². The number of amides is 2. The SMILES string of the molecule is CCCCc1nc(CF)nc(CNC(=O)[C@H](CC2CCCC2)CN(O)C=O)c1F. The van der Waals surface area contributed by atoms with Crippen LogP contribution in [-0.2, 0) is 29.2 Å². The molecular weight excluding hydrogens is 382 g/mol. The van der Waals surface area contributed by atoms with E-state index in [1.165, 1.54) is 0 Å². The molecule has 1 fully saturated rings. The maximum atomic E-state index is 14.7. The largest absolute Gasteiger partial charge is 0.350 e.